The van der Waals surface area contributed by atoms with Crippen molar-refractivity contribution in [1.29, 1.82) is 0 Å². The Balaban J connectivity index is 1.56. The fourth-order valence-electron chi connectivity index (χ4n) is 5.11. The number of carboxylic acids is 1. The van der Waals surface area contributed by atoms with Gasteiger partial charge in [-0.1, -0.05) is 18.2 Å². The van der Waals surface area contributed by atoms with E-state index in [0.29, 0.717) is 5.69 Å². The number of carbonyl (C=O) groups is 3. The number of allylic oxidation sites excluding steroid dienone is 2. The molecule has 2 bridgehead atoms. The minimum Gasteiger partial charge on any atom is -0.478 e. The number of aromatic carboxylic acids is 1. The van der Waals surface area contributed by atoms with Gasteiger partial charge >= 0.3 is 5.97 Å². The zero-order chi connectivity index (χ0) is 15.9. The number of amides is 2. The number of hydrogen-bond acceptors (Lipinski definition) is 3. The van der Waals surface area contributed by atoms with Crippen molar-refractivity contribution in [3.05, 3.63) is 42.0 Å². The number of benzene rings is 1. The van der Waals surface area contributed by atoms with E-state index < -0.39 is 5.97 Å². The van der Waals surface area contributed by atoms with Crippen LogP contribution in [0.25, 0.3) is 0 Å². The van der Waals surface area contributed by atoms with Crippen LogP contribution in [-0.2, 0) is 9.59 Å². The Morgan fingerprint density at radius 1 is 1.09 bits per heavy atom. The zero-order valence-corrected chi connectivity index (χ0v) is 12.3. The zero-order valence-electron chi connectivity index (χ0n) is 12.3. The molecule has 3 aliphatic carbocycles. The first-order valence-corrected chi connectivity index (χ1v) is 7.94. The molecule has 2 saturated carbocycles. The van der Waals surface area contributed by atoms with Crippen LogP contribution in [-0.4, -0.2) is 22.9 Å². The van der Waals surface area contributed by atoms with Crippen molar-refractivity contribution in [3.8, 4) is 0 Å². The van der Waals surface area contributed by atoms with E-state index in [1.807, 2.05) is 0 Å². The molecule has 1 spiro atoms. The Morgan fingerprint density at radius 2 is 1.70 bits per heavy atom. The van der Waals surface area contributed by atoms with Crippen LogP contribution < -0.4 is 4.90 Å². The number of imide groups is 1. The molecule has 0 aromatic heterocycles. The molecule has 1 aliphatic heterocycles. The largest absolute Gasteiger partial charge is 0.478 e. The average molecular weight is 309 g/mol. The smallest absolute Gasteiger partial charge is 0.335 e. The first-order valence-electron chi connectivity index (χ1n) is 7.94. The molecule has 1 aromatic rings. The predicted molar refractivity (Wildman–Crippen MR) is 80.7 cm³/mol. The lowest BCUT2D eigenvalue weighted by Crippen LogP contribution is -2.34. The number of anilines is 1. The molecule has 3 fully saturated rings. The molecule has 1 aromatic carbocycles. The van der Waals surface area contributed by atoms with Crippen molar-refractivity contribution in [1.82, 2.24) is 0 Å². The third kappa shape index (κ3) is 1.41. The first kappa shape index (κ1) is 13.0. The van der Waals surface area contributed by atoms with Gasteiger partial charge in [0, 0.05) is 0 Å². The second-order valence-corrected chi connectivity index (χ2v) is 7.09. The monoisotopic (exact) mass is 309 g/mol. The van der Waals surface area contributed by atoms with Crippen LogP contribution in [0.4, 0.5) is 5.69 Å². The highest BCUT2D eigenvalue weighted by Crippen LogP contribution is 2.73. The van der Waals surface area contributed by atoms with Crippen molar-refractivity contribution in [2.24, 2.45) is 29.1 Å². The Labute approximate surface area is 132 Å². The highest BCUT2D eigenvalue weighted by Gasteiger charge is 2.73. The minimum absolute atomic E-state index is 0.0833. The SMILES string of the molecule is O=C(O)c1cccc(N2C(=O)[C@@H]3[C@@H](C2=O)[C@@H]2C=C[C@H]3C23CC3)c1. The van der Waals surface area contributed by atoms with Crippen LogP contribution in [0.15, 0.2) is 36.4 Å². The lowest BCUT2D eigenvalue weighted by Gasteiger charge is -2.21. The van der Waals surface area contributed by atoms with E-state index >= 15 is 0 Å². The highest BCUT2D eigenvalue weighted by atomic mass is 16.4. The maximum atomic E-state index is 12.9. The topological polar surface area (TPSA) is 74.7 Å². The quantitative estimate of drug-likeness (QED) is 0.670. The van der Waals surface area contributed by atoms with Gasteiger partial charge in [0.1, 0.15) is 0 Å². The fourth-order valence-corrected chi connectivity index (χ4v) is 5.11. The Kier molecular flexibility index (Phi) is 2.22. The number of fused-ring (bicyclic) bond motifs is 3. The van der Waals surface area contributed by atoms with Gasteiger partial charge in [-0.25, -0.2) is 9.69 Å². The van der Waals surface area contributed by atoms with Gasteiger partial charge in [-0.3, -0.25) is 9.59 Å². The molecule has 1 N–H and O–H groups in total. The summed E-state index contributed by atoms with van der Waals surface area (Å²) in [5.74, 6) is -1.54. The third-order valence-electron chi connectivity index (χ3n) is 6.20. The van der Waals surface area contributed by atoms with Crippen molar-refractivity contribution in [3.63, 3.8) is 0 Å². The van der Waals surface area contributed by atoms with Crippen molar-refractivity contribution in [2.75, 3.05) is 4.90 Å². The summed E-state index contributed by atoms with van der Waals surface area (Å²) in [6.45, 7) is 0. The molecular formula is C18H15NO4. The van der Waals surface area contributed by atoms with Crippen LogP contribution >= 0.6 is 0 Å². The summed E-state index contributed by atoms with van der Waals surface area (Å²) in [5.41, 5.74) is 0.633. The number of rotatable bonds is 2. The lowest BCUT2D eigenvalue weighted by atomic mass is 9.85. The lowest BCUT2D eigenvalue weighted by molar-refractivity contribution is -0.123. The molecule has 1 saturated heterocycles. The average Bonchev–Trinajstić information content (AvgIpc) is 3.13. The van der Waals surface area contributed by atoms with Crippen LogP contribution in [0.1, 0.15) is 23.2 Å². The Bertz CT molecular complexity index is 773. The van der Waals surface area contributed by atoms with E-state index in [1.54, 1.807) is 12.1 Å². The van der Waals surface area contributed by atoms with Crippen molar-refractivity contribution in [2.45, 2.75) is 12.8 Å². The molecule has 5 rings (SSSR count). The summed E-state index contributed by atoms with van der Waals surface area (Å²) in [5, 5.41) is 9.12. The first-order chi connectivity index (χ1) is 11.0. The molecule has 23 heavy (non-hydrogen) atoms. The standard InChI is InChI=1S/C18H15NO4/c20-15-13-11-4-5-12(18(11)6-7-18)14(13)16(21)19(15)10-3-1-2-9(8-10)17(22)23/h1-5,8,11-14H,6-7H2,(H,22,23)/t11-,12+,13-,14-/m0/s1. The maximum Gasteiger partial charge on any atom is 0.335 e. The third-order valence-corrected chi connectivity index (χ3v) is 6.20. The Hall–Kier alpha value is -2.43. The fraction of sp³-hybridized carbons (Fsp3) is 0.389. The van der Waals surface area contributed by atoms with E-state index in [4.69, 9.17) is 5.11 Å². The summed E-state index contributed by atoms with van der Waals surface area (Å²) in [6.07, 6.45) is 6.47. The van der Waals surface area contributed by atoms with E-state index in [0.717, 1.165) is 12.8 Å². The van der Waals surface area contributed by atoms with Gasteiger partial charge in [0.15, 0.2) is 0 Å². The second-order valence-electron chi connectivity index (χ2n) is 7.09. The maximum absolute atomic E-state index is 12.9. The van der Waals surface area contributed by atoms with Crippen molar-refractivity contribution < 1.29 is 19.5 Å². The summed E-state index contributed by atoms with van der Waals surface area (Å²) in [7, 11) is 0. The number of carboxylic acid groups (broad SMARTS) is 1. The summed E-state index contributed by atoms with van der Waals surface area (Å²) >= 11 is 0. The molecule has 5 nitrogen and oxygen atoms in total. The summed E-state index contributed by atoms with van der Waals surface area (Å²) < 4.78 is 0. The minimum atomic E-state index is -1.06. The molecule has 0 unspecified atom stereocenters. The van der Waals surface area contributed by atoms with Crippen LogP contribution in [0, 0.1) is 29.1 Å². The van der Waals surface area contributed by atoms with Gasteiger partial charge in [0.25, 0.3) is 0 Å². The molecule has 2 amide bonds. The highest BCUT2D eigenvalue weighted by molar-refractivity contribution is 6.23. The molecule has 4 aliphatic rings. The number of carbonyl (C=O) groups excluding carboxylic acids is 2. The molecule has 5 heteroatoms. The normalized spacial score (nSPS) is 35.2. The molecule has 0 radical (unpaired) electrons. The van der Waals surface area contributed by atoms with Gasteiger partial charge in [-0.05, 0) is 48.3 Å². The molecule has 116 valence electrons. The second kappa shape index (κ2) is 3.91. The van der Waals surface area contributed by atoms with Gasteiger partial charge in [0.2, 0.25) is 11.8 Å². The van der Waals surface area contributed by atoms with Crippen LogP contribution in [0.2, 0.25) is 0 Å². The van der Waals surface area contributed by atoms with Gasteiger partial charge < -0.3 is 5.11 Å². The Morgan fingerprint density at radius 3 is 2.22 bits per heavy atom. The van der Waals surface area contributed by atoms with Crippen molar-refractivity contribution >= 4 is 23.5 Å². The van der Waals surface area contributed by atoms with Gasteiger partial charge in [0.05, 0.1) is 23.1 Å². The number of nitrogens with zero attached hydrogens (tertiary/aromatic N) is 1. The van der Waals surface area contributed by atoms with E-state index in [9.17, 15) is 14.4 Å². The van der Waals surface area contributed by atoms with Gasteiger partial charge in [-0.2, -0.15) is 0 Å². The van der Waals surface area contributed by atoms with E-state index in [1.165, 1.54) is 17.0 Å². The van der Waals surface area contributed by atoms with Crippen LogP contribution in [0.3, 0.4) is 0 Å². The van der Waals surface area contributed by atoms with Gasteiger partial charge in [-0.15, -0.1) is 0 Å². The molecule has 1 heterocycles. The van der Waals surface area contributed by atoms with Crippen LogP contribution in [0.5, 0.6) is 0 Å². The predicted octanol–water partition coefficient (Wildman–Crippen LogP) is 2.09. The van der Waals surface area contributed by atoms with E-state index in [-0.39, 0.29) is 46.5 Å². The summed E-state index contributed by atoms with van der Waals surface area (Å²) in [4.78, 5) is 38.2. The molecule has 4 atom stereocenters. The summed E-state index contributed by atoms with van der Waals surface area (Å²) in [6, 6.07) is 6.07. The van der Waals surface area contributed by atoms with E-state index in [2.05, 4.69) is 12.2 Å². The molecular weight excluding hydrogens is 294 g/mol. The number of hydrogen-bond donors (Lipinski definition) is 1.